The number of nitrogens with one attached hydrogen (secondary N) is 1. The number of hydrogen-bond acceptors (Lipinski definition) is 2. The Morgan fingerprint density at radius 3 is 2.95 bits per heavy atom. The molecule has 1 aliphatic heterocycles. The van der Waals surface area contributed by atoms with Crippen LogP contribution in [0.15, 0.2) is 40.0 Å². The number of allylic oxidation sites excluding steroid dienone is 1. The van der Waals surface area contributed by atoms with Crippen molar-refractivity contribution in [2.45, 2.75) is 32.2 Å². The van der Waals surface area contributed by atoms with E-state index in [-0.39, 0.29) is 11.8 Å². The average Bonchev–Trinajstić information content (AvgIpc) is 2.46. The fraction of sp³-hybridized carbons (Fsp3) is 0.375. The third-order valence-electron chi connectivity index (χ3n) is 4.05. The maximum Gasteiger partial charge on any atom is 0.173 e. The topological polar surface area (TPSA) is 32.3 Å². The van der Waals surface area contributed by atoms with Crippen molar-refractivity contribution in [3.63, 3.8) is 0 Å². The molecule has 5 heteroatoms. The van der Waals surface area contributed by atoms with Gasteiger partial charge in [0.25, 0.3) is 0 Å². The fourth-order valence-corrected chi connectivity index (χ4v) is 3.90. The molecule has 0 saturated carbocycles. The highest BCUT2D eigenvalue weighted by atomic mass is 79.9. The van der Waals surface area contributed by atoms with E-state index in [2.05, 4.69) is 33.1 Å². The van der Waals surface area contributed by atoms with Gasteiger partial charge in [0.15, 0.2) is 10.9 Å². The van der Waals surface area contributed by atoms with Gasteiger partial charge >= 0.3 is 0 Å². The lowest BCUT2D eigenvalue weighted by molar-refractivity contribution is -0.116. The van der Waals surface area contributed by atoms with Crippen molar-refractivity contribution in [1.82, 2.24) is 10.2 Å². The molecule has 1 aromatic rings. The normalized spacial score (nSPS) is 22.2. The van der Waals surface area contributed by atoms with E-state index in [0.29, 0.717) is 6.42 Å². The van der Waals surface area contributed by atoms with Gasteiger partial charge in [-0.25, -0.2) is 0 Å². The summed E-state index contributed by atoms with van der Waals surface area (Å²) in [6, 6.07) is 7.94. The number of rotatable bonds is 2. The van der Waals surface area contributed by atoms with Crippen LogP contribution in [0, 0.1) is 0 Å². The van der Waals surface area contributed by atoms with Crippen molar-refractivity contribution in [3.8, 4) is 0 Å². The summed E-state index contributed by atoms with van der Waals surface area (Å²) in [4.78, 5) is 14.6. The molecule has 0 radical (unpaired) electrons. The zero-order chi connectivity index (χ0) is 15.0. The molecule has 1 atom stereocenters. The number of halogens is 1. The number of benzene rings is 1. The quantitative estimate of drug-likeness (QED) is 0.810. The first kappa shape index (κ1) is 14.7. The summed E-state index contributed by atoms with van der Waals surface area (Å²) in [6.45, 7) is 2.86. The minimum Gasteiger partial charge on any atom is -0.351 e. The number of thiocarbonyl (C=S) groups is 1. The predicted octanol–water partition coefficient (Wildman–Crippen LogP) is 3.71. The lowest BCUT2D eigenvalue weighted by Gasteiger charge is -2.40. The lowest BCUT2D eigenvalue weighted by atomic mass is 9.85. The zero-order valence-corrected chi connectivity index (χ0v) is 14.3. The van der Waals surface area contributed by atoms with E-state index in [0.717, 1.165) is 45.8 Å². The molecule has 0 saturated heterocycles. The molecule has 0 bridgehead atoms. The van der Waals surface area contributed by atoms with Gasteiger partial charge in [-0.15, -0.1) is 0 Å². The maximum atomic E-state index is 12.5. The highest BCUT2D eigenvalue weighted by Crippen LogP contribution is 2.37. The highest BCUT2D eigenvalue weighted by Gasteiger charge is 2.36. The van der Waals surface area contributed by atoms with Crippen LogP contribution in [0.2, 0.25) is 0 Å². The second kappa shape index (κ2) is 5.89. The first-order valence-electron chi connectivity index (χ1n) is 7.21. The van der Waals surface area contributed by atoms with Crippen LogP contribution in [-0.2, 0) is 4.79 Å². The maximum absolute atomic E-state index is 12.5. The minimum atomic E-state index is -0.124. The Kier molecular flexibility index (Phi) is 4.13. The van der Waals surface area contributed by atoms with Crippen LogP contribution >= 0.6 is 28.1 Å². The van der Waals surface area contributed by atoms with Crippen molar-refractivity contribution in [3.05, 3.63) is 45.6 Å². The number of carbonyl (C=O) groups excluding carboxylic acids is 1. The summed E-state index contributed by atoms with van der Waals surface area (Å²) in [5, 5.41) is 4.07. The molecule has 1 heterocycles. The molecule has 0 aromatic heterocycles. The minimum absolute atomic E-state index is 0.124. The first-order valence-corrected chi connectivity index (χ1v) is 8.41. The molecule has 0 fully saturated rings. The van der Waals surface area contributed by atoms with Crippen molar-refractivity contribution in [2.24, 2.45) is 0 Å². The van der Waals surface area contributed by atoms with Crippen molar-refractivity contribution in [1.29, 1.82) is 0 Å². The van der Waals surface area contributed by atoms with Crippen molar-refractivity contribution >= 4 is 39.0 Å². The predicted molar refractivity (Wildman–Crippen MR) is 90.9 cm³/mol. The summed E-state index contributed by atoms with van der Waals surface area (Å²) < 4.78 is 1.01. The number of hydrogen-bond donors (Lipinski definition) is 1. The number of carbonyl (C=O) groups is 1. The van der Waals surface area contributed by atoms with Crippen LogP contribution in [0.3, 0.4) is 0 Å². The SMILES string of the molecule is CCN1C(=S)NC(c2cccc(Br)c2)C2=C1CCCC2=O. The molecule has 110 valence electrons. The van der Waals surface area contributed by atoms with Crippen LogP contribution < -0.4 is 5.32 Å². The highest BCUT2D eigenvalue weighted by molar-refractivity contribution is 9.10. The number of ketones is 1. The molecular formula is C16H17BrN2OS. The van der Waals surface area contributed by atoms with E-state index in [9.17, 15) is 4.79 Å². The van der Waals surface area contributed by atoms with E-state index in [4.69, 9.17) is 12.2 Å². The van der Waals surface area contributed by atoms with E-state index in [1.165, 1.54) is 0 Å². The Morgan fingerprint density at radius 2 is 2.24 bits per heavy atom. The fourth-order valence-electron chi connectivity index (χ4n) is 3.12. The first-order chi connectivity index (χ1) is 10.1. The summed E-state index contributed by atoms with van der Waals surface area (Å²) in [5.41, 5.74) is 3.09. The van der Waals surface area contributed by atoms with Gasteiger partial charge in [0.05, 0.1) is 6.04 Å². The van der Waals surface area contributed by atoms with Gasteiger partial charge in [-0.05, 0) is 49.7 Å². The molecule has 2 aliphatic rings. The molecule has 1 unspecified atom stereocenters. The zero-order valence-electron chi connectivity index (χ0n) is 11.9. The second-order valence-corrected chi connectivity index (χ2v) is 6.62. The molecule has 3 nitrogen and oxygen atoms in total. The molecule has 3 rings (SSSR count). The summed E-state index contributed by atoms with van der Waals surface area (Å²) in [5.74, 6) is 0.245. The third kappa shape index (κ3) is 2.64. The lowest BCUT2D eigenvalue weighted by Crippen LogP contribution is -2.49. The van der Waals surface area contributed by atoms with Crippen LogP contribution in [0.4, 0.5) is 0 Å². The van der Waals surface area contributed by atoms with Gasteiger partial charge in [0, 0.05) is 28.7 Å². The average molecular weight is 365 g/mol. The second-order valence-electron chi connectivity index (χ2n) is 5.32. The van der Waals surface area contributed by atoms with Crippen molar-refractivity contribution in [2.75, 3.05) is 6.54 Å². The smallest absolute Gasteiger partial charge is 0.173 e. The largest absolute Gasteiger partial charge is 0.351 e. The summed E-state index contributed by atoms with van der Waals surface area (Å²) in [6.07, 6.45) is 2.48. The van der Waals surface area contributed by atoms with E-state index >= 15 is 0 Å². The van der Waals surface area contributed by atoms with Gasteiger partial charge in [0.2, 0.25) is 0 Å². The molecular weight excluding hydrogens is 348 g/mol. The molecule has 1 aromatic carbocycles. The molecule has 21 heavy (non-hydrogen) atoms. The number of Topliss-reactive ketones (excluding diaryl/α,β-unsaturated/α-hetero) is 1. The monoisotopic (exact) mass is 364 g/mol. The van der Waals surface area contributed by atoms with Crippen LogP contribution in [0.25, 0.3) is 0 Å². The molecule has 0 spiro atoms. The van der Waals surface area contributed by atoms with E-state index < -0.39 is 0 Å². The standard InChI is InChI=1S/C16H17BrN2OS/c1-2-19-12-7-4-8-13(20)14(12)15(18-16(19)21)10-5-3-6-11(17)9-10/h3,5-6,9,15H,2,4,7-8H2,1H3,(H,18,21). The van der Waals surface area contributed by atoms with E-state index in [1.807, 2.05) is 24.3 Å². The van der Waals surface area contributed by atoms with Gasteiger partial charge in [-0.3, -0.25) is 4.79 Å². The van der Waals surface area contributed by atoms with Gasteiger partial charge in [0.1, 0.15) is 0 Å². The van der Waals surface area contributed by atoms with Gasteiger partial charge in [-0.1, -0.05) is 28.1 Å². The van der Waals surface area contributed by atoms with Crippen LogP contribution in [0.5, 0.6) is 0 Å². The summed E-state index contributed by atoms with van der Waals surface area (Å²) >= 11 is 9.00. The van der Waals surface area contributed by atoms with E-state index in [1.54, 1.807) is 0 Å². The van der Waals surface area contributed by atoms with Gasteiger partial charge in [-0.2, -0.15) is 0 Å². The van der Waals surface area contributed by atoms with Crippen LogP contribution in [0.1, 0.15) is 37.8 Å². The Balaban J connectivity index is 2.12. The van der Waals surface area contributed by atoms with Gasteiger partial charge < -0.3 is 10.2 Å². The molecule has 1 aliphatic carbocycles. The Bertz CT molecular complexity index is 641. The van der Waals surface area contributed by atoms with Crippen LogP contribution in [-0.4, -0.2) is 22.3 Å². The Labute approximate surface area is 138 Å². The molecule has 0 amide bonds. The third-order valence-corrected chi connectivity index (χ3v) is 4.89. The Morgan fingerprint density at radius 1 is 1.43 bits per heavy atom. The summed E-state index contributed by atoms with van der Waals surface area (Å²) in [7, 11) is 0. The van der Waals surface area contributed by atoms with Crippen molar-refractivity contribution < 1.29 is 4.79 Å². The number of nitrogens with zero attached hydrogens (tertiary/aromatic N) is 1. The molecule has 1 N–H and O–H groups in total. The Hall–Kier alpha value is -1.20.